The summed E-state index contributed by atoms with van der Waals surface area (Å²) in [5.41, 5.74) is 5.47. The molecule has 1 N–H and O–H groups in total. The molecule has 0 bridgehead atoms. The number of benzene rings is 2. The Morgan fingerprint density at radius 3 is 2.65 bits per heavy atom. The van der Waals surface area contributed by atoms with Crippen LogP contribution in [0.15, 0.2) is 72.4 Å². The summed E-state index contributed by atoms with van der Waals surface area (Å²) in [4.78, 5) is 61.9. The monoisotopic (exact) mass is 798 g/mol. The van der Waals surface area contributed by atoms with E-state index in [0.717, 1.165) is 54.4 Å². The van der Waals surface area contributed by atoms with Crippen LogP contribution in [0.2, 0.25) is 5.02 Å². The molecule has 1 fully saturated rings. The van der Waals surface area contributed by atoms with E-state index < -0.39 is 29.7 Å². The van der Waals surface area contributed by atoms with Crippen LogP contribution in [-0.2, 0) is 35.8 Å². The first-order valence-corrected chi connectivity index (χ1v) is 19.2. The highest BCUT2D eigenvalue weighted by Crippen LogP contribution is 2.37. The van der Waals surface area contributed by atoms with E-state index in [4.69, 9.17) is 21.3 Å². The maximum atomic E-state index is 13.4. The van der Waals surface area contributed by atoms with Gasteiger partial charge in [-0.3, -0.25) is 43.6 Å². The number of halogens is 1. The van der Waals surface area contributed by atoms with Crippen LogP contribution in [0.3, 0.4) is 0 Å². The van der Waals surface area contributed by atoms with Gasteiger partial charge >= 0.3 is 0 Å². The molecule has 1 unspecified atom stereocenters. The number of hydrogen-bond donors (Lipinski definition) is 1. The molecule has 4 aromatic heterocycles. The Bertz CT molecular complexity index is 2750. The van der Waals surface area contributed by atoms with E-state index in [1.807, 2.05) is 52.8 Å². The summed E-state index contributed by atoms with van der Waals surface area (Å²) in [5.74, 6) is 6.10. The number of nitrogens with one attached hydrogen (secondary N) is 1. The fourth-order valence-corrected chi connectivity index (χ4v) is 8.51. The Hall–Kier alpha value is -6.70. The third kappa shape index (κ3) is 6.60. The van der Waals surface area contributed by atoms with Gasteiger partial charge in [-0.2, -0.15) is 5.10 Å². The third-order valence-corrected chi connectivity index (χ3v) is 11.4. The molecule has 3 aliphatic rings. The zero-order valence-corrected chi connectivity index (χ0v) is 32.1. The van der Waals surface area contributed by atoms with E-state index in [1.54, 1.807) is 36.0 Å². The van der Waals surface area contributed by atoms with Crippen LogP contribution in [0.4, 0.5) is 0 Å². The number of ether oxygens (including phenoxy) is 1. The molecular formula is C40H31ClN10O5S. The maximum Gasteiger partial charge on any atom is 0.266 e. The lowest BCUT2D eigenvalue weighted by Crippen LogP contribution is -2.54. The van der Waals surface area contributed by atoms with E-state index >= 15 is 0 Å². The van der Waals surface area contributed by atoms with Crippen LogP contribution in [0.1, 0.15) is 78.0 Å². The lowest BCUT2D eigenvalue weighted by atomic mass is 10.00. The fourth-order valence-electron chi connectivity index (χ4n) is 7.16. The van der Waals surface area contributed by atoms with Crippen molar-refractivity contribution in [1.82, 2.24) is 44.3 Å². The second kappa shape index (κ2) is 14.4. The molecule has 1 atom stereocenters. The minimum absolute atomic E-state index is 0.0408. The Balaban J connectivity index is 0.860. The van der Waals surface area contributed by atoms with E-state index in [1.165, 1.54) is 6.07 Å². The average molecular weight is 799 g/mol. The van der Waals surface area contributed by atoms with Crippen molar-refractivity contribution < 1.29 is 23.9 Å². The molecule has 4 amide bonds. The van der Waals surface area contributed by atoms with Crippen molar-refractivity contribution in [3.8, 4) is 22.6 Å². The number of carbonyl (C=O) groups is 4. The van der Waals surface area contributed by atoms with Gasteiger partial charge in [0.1, 0.15) is 35.8 Å². The van der Waals surface area contributed by atoms with Crippen LogP contribution < -0.4 is 10.1 Å². The lowest BCUT2D eigenvalue weighted by Gasteiger charge is -2.27. The fraction of sp³-hybridized carbons (Fsp3) is 0.225. The van der Waals surface area contributed by atoms with Crippen molar-refractivity contribution in [3.05, 3.63) is 128 Å². The Labute approximate surface area is 334 Å². The van der Waals surface area contributed by atoms with Crippen molar-refractivity contribution >= 4 is 52.3 Å². The summed E-state index contributed by atoms with van der Waals surface area (Å²) < 4.78 is 11.8. The number of nitrogens with zero attached hydrogens (tertiary/aromatic N) is 9. The van der Waals surface area contributed by atoms with Crippen molar-refractivity contribution in [2.24, 2.45) is 4.99 Å². The van der Waals surface area contributed by atoms with Gasteiger partial charge < -0.3 is 9.30 Å². The number of carbonyl (C=O) groups excluding carboxylic acids is 4. The van der Waals surface area contributed by atoms with Crippen LogP contribution >= 0.6 is 22.9 Å². The summed E-state index contributed by atoms with van der Waals surface area (Å²) >= 11 is 7.79. The first-order valence-electron chi connectivity index (χ1n) is 18.0. The molecule has 0 radical (unpaired) electrons. The van der Waals surface area contributed by atoms with Crippen LogP contribution in [-0.4, -0.2) is 74.4 Å². The lowest BCUT2D eigenvalue weighted by molar-refractivity contribution is -0.136. The number of aromatic nitrogens is 7. The SMILES string of the molecule is Cc1c(C#Cc2cnn(CCn3cnc(COc4cccc5c4C(=O)N(C4CCC(=O)NC4=O)C5=O)c3)c2)sc2c1C(c1ccc(Cl)cc1)=NCc1nnc(C)n1-2. The molecule has 2 aromatic carbocycles. The smallest absolute Gasteiger partial charge is 0.266 e. The van der Waals surface area contributed by atoms with Gasteiger partial charge in [-0.05, 0) is 50.1 Å². The molecule has 0 aliphatic carbocycles. The number of piperidine rings is 1. The van der Waals surface area contributed by atoms with Crippen molar-refractivity contribution in [1.29, 1.82) is 0 Å². The summed E-state index contributed by atoms with van der Waals surface area (Å²) in [5, 5.41) is 17.1. The molecule has 3 aliphatic heterocycles. The standard InChI is InChI=1S/C40H31ClN10O5S/c1-22-31(57-40-34(22)36(25-7-9-26(41)10-8-25)42-17-32-47-46-23(2)50(32)40)12-6-24-16-44-49(18-24)15-14-48-19-27(43-21-48)20-56-30-5-3-4-28-35(30)39(55)51(38(28)54)29-11-13-33(52)45-37(29)53/h3-5,7-10,16,18-19,21,29H,11,13-15,17,20H2,1-2H3,(H,45,52,53). The predicted molar refractivity (Wildman–Crippen MR) is 207 cm³/mol. The quantitative estimate of drug-likeness (QED) is 0.173. The highest BCUT2D eigenvalue weighted by atomic mass is 35.5. The molecule has 57 heavy (non-hydrogen) atoms. The second-order valence-electron chi connectivity index (χ2n) is 13.7. The van der Waals surface area contributed by atoms with Crippen LogP contribution in [0.25, 0.3) is 5.00 Å². The molecule has 284 valence electrons. The first kappa shape index (κ1) is 36.0. The number of aryl methyl sites for hydroxylation is 3. The predicted octanol–water partition coefficient (Wildman–Crippen LogP) is 4.42. The Kier molecular flexibility index (Phi) is 9.10. The molecule has 15 nitrogen and oxygen atoms in total. The normalized spacial score (nSPS) is 16.0. The van der Waals surface area contributed by atoms with E-state index in [9.17, 15) is 19.2 Å². The van der Waals surface area contributed by atoms with Crippen LogP contribution in [0, 0.1) is 25.7 Å². The number of imidazole rings is 1. The van der Waals surface area contributed by atoms with Crippen molar-refractivity contribution in [2.75, 3.05) is 0 Å². The topological polar surface area (TPSA) is 171 Å². The van der Waals surface area contributed by atoms with E-state index in [0.29, 0.717) is 30.4 Å². The zero-order valence-electron chi connectivity index (χ0n) is 30.5. The van der Waals surface area contributed by atoms with Gasteiger partial charge in [0.25, 0.3) is 11.8 Å². The van der Waals surface area contributed by atoms with Gasteiger partial charge in [0.2, 0.25) is 11.8 Å². The maximum absolute atomic E-state index is 13.4. The molecular weight excluding hydrogens is 768 g/mol. The summed E-state index contributed by atoms with van der Waals surface area (Å²) in [7, 11) is 0. The summed E-state index contributed by atoms with van der Waals surface area (Å²) in [6.45, 7) is 5.57. The molecule has 7 heterocycles. The number of amides is 4. The van der Waals surface area contributed by atoms with Gasteiger partial charge in [-0.15, -0.1) is 21.5 Å². The summed E-state index contributed by atoms with van der Waals surface area (Å²) in [6.07, 6.45) is 7.27. The minimum Gasteiger partial charge on any atom is -0.486 e. The largest absolute Gasteiger partial charge is 0.486 e. The van der Waals surface area contributed by atoms with Gasteiger partial charge in [-0.25, -0.2) is 4.98 Å². The molecule has 9 rings (SSSR count). The van der Waals surface area contributed by atoms with Gasteiger partial charge in [-0.1, -0.05) is 41.6 Å². The van der Waals surface area contributed by atoms with Gasteiger partial charge in [0.05, 0.1) is 52.0 Å². The number of thiophene rings is 1. The van der Waals surface area contributed by atoms with E-state index in [-0.39, 0.29) is 36.3 Å². The third-order valence-electron chi connectivity index (χ3n) is 9.99. The summed E-state index contributed by atoms with van der Waals surface area (Å²) in [6, 6.07) is 11.4. The minimum atomic E-state index is -1.06. The van der Waals surface area contributed by atoms with Gasteiger partial charge in [0.15, 0.2) is 5.82 Å². The number of fused-ring (bicyclic) bond motifs is 4. The zero-order chi connectivity index (χ0) is 39.4. The van der Waals surface area contributed by atoms with Crippen LogP contribution in [0.5, 0.6) is 5.75 Å². The Morgan fingerprint density at radius 1 is 0.982 bits per heavy atom. The van der Waals surface area contributed by atoms with Crippen molar-refractivity contribution in [2.45, 2.75) is 59.0 Å². The number of hydrogen-bond acceptors (Lipinski definition) is 11. The molecule has 1 saturated heterocycles. The molecule has 0 saturated carbocycles. The average Bonchev–Trinajstić information content (AvgIpc) is 4.02. The molecule has 6 aromatic rings. The molecule has 0 spiro atoms. The number of rotatable bonds is 8. The van der Waals surface area contributed by atoms with Crippen molar-refractivity contribution in [3.63, 3.8) is 0 Å². The van der Waals surface area contributed by atoms with E-state index in [2.05, 4.69) is 48.9 Å². The molecule has 17 heteroatoms. The van der Waals surface area contributed by atoms with Gasteiger partial charge in [0, 0.05) is 41.5 Å². The first-order chi connectivity index (χ1) is 27.6. The number of imide groups is 2. The highest BCUT2D eigenvalue weighted by Gasteiger charge is 2.46. The Morgan fingerprint density at radius 2 is 1.82 bits per heavy atom. The second-order valence-corrected chi connectivity index (χ2v) is 15.1. The highest BCUT2D eigenvalue weighted by molar-refractivity contribution is 7.15. The number of aliphatic imine (C=N–C) groups is 1.